The average Bonchev–Trinajstić information content (AvgIpc) is 2.68. The van der Waals surface area contributed by atoms with Gasteiger partial charge in [-0.05, 0) is 49.6 Å². The van der Waals surface area contributed by atoms with Crippen molar-refractivity contribution in [2.45, 2.75) is 37.1 Å². The molecule has 134 valence electrons. The Morgan fingerprint density at radius 1 is 1.04 bits per heavy atom. The molecule has 1 aromatic heterocycles. The number of piperidine rings is 1. The molecular weight excluding hydrogens is 344 g/mol. The van der Waals surface area contributed by atoms with Crippen molar-refractivity contribution in [3.8, 4) is 0 Å². The molecule has 0 amide bonds. The Labute approximate surface area is 154 Å². The third kappa shape index (κ3) is 3.13. The average molecular weight is 366 g/mol. The summed E-state index contributed by atoms with van der Waals surface area (Å²) in [4.78, 5) is 4.90. The molecule has 0 saturated carbocycles. The molecule has 0 radical (unpaired) electrons. The minimum absolute atomic E-state index is 0.160. The van der Waals surface area contributed by atoms with Crippen LogP contribution in [0.5, 0.6) is 0 Å². The minimum Gasteiger partial charge on any atom is -0.256 e. The van der Waals surface area contributed by atoms with Gasteiger partial charge >= 0.3 is 0 Å². The topological polar surface area (TPSA) is 50.3 Å². The van der Waals surface area contributed by atoms with E-state index in [0.29, 0.717) is 11.4 Å². The van der Waals surface area contributed by atoms with Crippen LogP contribution >= 0.6 is 0 Å². The second-order valence-corrected chi connectivity index (χ2v) is 8.79. The molecule has 0 bridgehead atoms. The van der Waals surface area contributed by atoms with Crippen LogP contribution in [0.25, 0.3) is 10.9 Å². The summed E-state index contributed by atoms with van der Waals surface area (Å²) in [5.41, 5.74) is 2.96. The molecule has 3 aromatic rings. The summed E-state index contributed by atoms with van der Waals surface area (Å²) in [6.45, 7) is 2.51. The standard InChI is InChI=1S/C21H22N2O2S/c1-16-9-11-19(12-10-16)26(24,25)23-13-5-4-8-21(23)18-14-17-6-2-3-7-20(17)22-15-18/h2-3,6-7,9-12,14-15,21H,4-5,8,13H2,1H3/t21-/m1/s1. The van der Waals surface area contributed by atoms with E-state index >= 15 is 0 Å². The highest BCUT2D eigenvalue weighted by molar-refractivity contribution is 7.89. The van der Waals surface area contributed by atoms with Crippen LogP contribution in [0.1, 0.15) is 36.4 Å². The fourth-order valence-electron chi connectivity index (χ4n) is 3.64. The number of hydrogen-bond donors (Lipinski definition) is 0. The Bertz CT molecular complexity index is 1030. The van der Waals surface area contributed by atoms with Gasteiger partial charge in [0.2, 0.25) is 10.0 Å². The van der Waals surface area contributed by atoms with Crippen molar-refractivity contribution in [3.05, 3.63) is 71.9 Å². The first-order chi connectivity index (χ1) is 12.6. The van der Waals surface area contributed by atoms with Crippen LogP contribution in [0.2, 0.25) is 0 Å². The van der Waals surface area contributed by atoms with Crippen molar-refractivity contribution in [2.24, 2.45) is 0 Å². The van der Waals surface area contributed by atoms with Crippen LogP contribution in [0.4, 0.5) is 0 Å². The Balaban J connectivity index is 1.74. The molecule has 1 aliphatic heterocycles. The lowest BCUT2D eigenvalue weighted by Gasteiger charge is -2.35. The molecule has 1 saturated heterocycles. The molecule has 2 heterocycles. The third-order valence-electron chi connectivity index (χ3n) is 5.08. The number of fused-ring (bicyclic) bond motifs is 1. The van der Waals surface area contributed by atoms with Gasteiger partial charge in [-0.3, -0.25) is 4.98 Å². The monoisotopic (exact) mass is 366 g/mol. The van der Waals surface area contributed by atoms with Crippen LogP contribution in [-0.2, 0) is 10.0 Å². The summed E-state index contributed by atoms with van der Waals surface area (Å²) in [6, 6.07) is 17.0. The molecule has 0 spiro atoms. The van der Waals surface area contributed by atoms with Crippen LogP contribution < -0.4 is 0 Å². The van der Waals surface area contributed by atoms with Crippen LogP contribution in [0, 0.1) is 6.92 Å². The van der Waals surface area contributed by atoms with Crippen molar-refractivity contribution in [3.63, 3.8) is 0 Å². The number of nitrogens with zero attached hydrogens (tertiary/aromatic N) is 2. The zero-order valence-electron chi connectivity index (χ0n) is 14.8. The fourth-order valence-corrected chi connectivity index (χ4v) is 5.32. The molecule has 0 N–H and O–H groups in total. The van der Waals surface area contributed by atoms with Crippen molar-refractivity contribution in [1.82, 2.24) is 9.29 Å². The number of pyridine rings is 1. The van der Waals surface area contributed by atoms with Gasteiger partial charge in [0.05, 0.1) is 16.5 Å². The second kappa shape index (κ2) is 6.82. The van der Waals surface area contributed by atoms with Gasteiger partial charge < -0.3 is 0 Å². The highest BCUT2D eigenvalue weighted by Gasteiger charge is 2.34. The van der Waals surface area contributed by atoms with E-state index in [1.807, 2.05) is 49.5 Å². The summed E-state index contributed by atoms with van der Waals surface area (Å²) >= 11 is 0. The fraction of sp³-hybridized carbons (Fsp3) is 0.286. The minimum atomic E-state index is -3.52. The Hall–Kier alpha value is -2.24. The van der Waals surface area contributed by atoms with E-state index in [9.17, 15) is 8.42 Å². The predicted octanol–water partition coefficient (Wildman–Crippen LogP) is 4.46. The van der Waals surface area contributed by atoms with E-state index in [-0.39, 0.29) is 6.04 Å². The zero-order chi connectivity index (χ0) is 18.1. The number of aromatic nitrogens is 1. The van der Waals surface area contributed by atoms with Gasteiger partial charge in [-0.15, -0.1) is 0 Å². The number of para-hydroxylation sites is 1. The van der Waals surface area contributed by atoms with Crippen LogP contribution in [0.15, 0.2) is 65.7 Å². The van der Waals surface area contributed by atoms with E-state index in [2.05, 4.69) is 11.1 Å². The smallest absolute Gasteiger partial charge is 0.243 e. The van der Waals surface area contributed by atoms with Crippen molar-refractivity contribution < 1.29 is 8.42 Å². The first-order valence-electron chi connectivity index (χ1n) is 8.99. The number of hydrogen-bond acceptors (Lipinski definition) is 3. The number of sulfonamides is 1. The molecular formula is C21H22N2O2S. The summed E-state index contributed by atoms with van der Waals surface area (Å²) < 4.78 is 28.2. The summed E-state index contributed by atoms with van der Waals surface area (Å²) in [6.07, 6.45) is 4.57. The normalized spacial score (nSPS) is 18.9. The number of aryl methyl sites for hydroxylation is 1. The zero-order valence-corrected chi connectivity index (χ0v) is 15.6. The highest BCUT2D eigenvalue weighted by Crippen LogP contribution is 2.36. The molecule has 0 aliphatic carbocycles. The quantitative estimate of drug-likeness (QED) is 0.688. The van der Waals surface area contributed by atoms with Crippen LogP contribution in [0.3, 0.4) is 0 Å². The van der Waals surface area contributed by atoms with Gasteiger partial charge in [-0.2, -0.15) is 4.31 Å². The van der Waals surface area contributed by atoms with E-state index in [0.717, 1.165) is 41.3 Å². The molecule has 0 unspecified atom stereocenters. The first-order valence-corrected chi connectivity index (χ1v) is 10.4. The second-order valence-electron chi connectivity index (χ2n) is 6.90. The van der Waals surface area contributed by atoms with E-state index in [1.54, 1.807) is 16.4 Å². The third-order valence-corrected chi connectivity index (χ3v) is 7.00. The predicted molar refractivity (Wildman–Crippen MR) is 103 cm³/mol. The van der Waals surface area contributed by atoms with Crippen molar-refractivity contribution >= 4 is 20.9 Å². The molecule has 4 nitrogen and oxygen atoms in total. The molecule has 26 heavy (non-hydrogen) atoms. The summed E-state index contributed by atoms with van der Waals surface area (Å²) in [7, 11) is -3.52. The molecule has 5 heteroatoms. The van der Waals surface area contributed by atoms with E-state index in [1.165, 1.54) is 0 Å². The Morgan fingerprint density at radius 2 is 1.81 bits per heavy atom. The van der Waals surface area contributed by atoms with Crippen molar-refractivity contribution in [1.29, 1.82) is 0 Å². The molecule has 1 fully saturated rings. The Kier molecular flexibility index (Phi) is 4.51. The summed E-state index contributed by atoms with van der Waals surface area (Å²) in [5, 5.41) is 1.04. The lowest BCUT2D eigenvalue weighted by molar-refractivity contribution is 0.256. The SMILES string of the molecule is Cc1ccc(S(=O)(=O)N2CCCC[C@@H]2c2cnc3ccccc3c2)cc1. The first kappa shape index (κ1) is 17.2. The van der Waals surface area contributed by atoms with Gasteiger partial charge in [0.1, 0.15) is 0 Å². The summed E-state index contributed by atoms with van der Waals surface area (Å²) in [5.74, 6) is 0. The molecule has 1 atom stereocenters. The van der Waals surface area contributed by atoms with Crippen molar-refractivity contribution in [2.75, 3.05) is 6.54 Å². The highest BCUT2D eigenvalue weighted by atomic mass is 32.2. The lowest BCUT2D eigenvalue weighted by Crippen LogP contribution is -2.38. The maximum absolute atomic E-state index is 13.3. The maximum Gasteiger partial charge on any atom is 0.243 e. The number of rotatable bonds is 3. The van der Waals surface area contributed by atoms with E-state index < -0.39 is 10.0 Å². The van der Waals surface area contributed by atoms with Gasteiger partial charge in [0.25, 0.3) is 0 Å². The van der Waals surface area contributed by atoms with Gasteiger partial charge in [0, 0.05) is 18.1 Å². The van der Waals surface area contributed by atoms with Gasteiger partial charge in [-0.25, -0.2) is 8.42 Å². The lowest BCUT2D eigenvalue weighted by atomic mass is 9.98. The molecule has 1 aliphatic rings. The number of benzene rings is 2. The maximum atomic E-state index is 13.3. The van der Waals surface area contributed by atoms with Crippen LogP contribution in [-0.4, -0.2) is 24.3 Å². The van der Waals surface area contributed by atoms with Gasteiger partial charge in [0.15, 0.2) is 0 Å². The van der Waals surface area contributed by atoms with Gasteiger partial charge in [-0.1, -0.05) is 42.3 Å². The Morgan fingerprint density at radius 3 is 2.62 bits per heavy atom. The largest absolute Gasteiger partial charge is 0.256 e. The molecule has 4 rings (SSSR count). The molecule has 2 aromatic carbocycles. The van der Waals surface area contributed by atoms with E-state index in [4.69, 9.17) is 0 Å².